The van der Waals surface area contributed by atoms with Crippen LogP contribution in [0, 0.1) is 0 Å². The van der Waals surface area contributed by atoms with Gasteiger partial charge in [0, 0.05) is 17.4 Å². The predicted molar refractivity (Wildman–Crippen MR) is 78.7 cm³/mol. The molecular weight excluding hydrogens is 354 g/mol. The van der Waals surface area contributed by atoms with E-state index in [1.165, 1.54) is 4.90 Å². The van der Waals surface area contributed by atoms with Crippen molar-refractivity contribution in [2.24, 2.45) is 5.73 Å². The smallest absolute Gasteiger partial charge is 0.256 e. The molecule has 3 N–H and O–H groups in total. The molecule has 1 fully saturated rings. The maximum Gasteiger partial charge on any atom is 0.256 e. The molecule has 2 aliphatic rings. The van der Waals surface area contributed by atoms with Gasteiger partial charge in [-0.15, -0.1) is 0 Å². The maximum atomic E-state index is 12.6. The van der Waals surface area contributed by atoms with Crippen LogP contribution in [0.4, 0.5) is 0 Å². The normalized spacial score (nSPS) is 20.9. The van der Waals surface area contributed by atoms with Gasteiger partial charge in [0.2, 0.25) is 17.7 Å². The van der Waals surface area contributed by atoms with Gasteiger partial charge in [-0.05, 0) is 34.0 Å². The number of nitrogens with zero attached hydrogens (tertiary/aromatic N) is 1. The van der Waals surface area contributed by atoms with Crippen LogP contribution in [0.2, 0.25) is 0 Å². The third-order valence-corrected chi connectivity index (χ3v) is 4.72. The summed E-state index contributed by atoms with van der Waals surface area (Å²) in [7, 11) is 0. The first-order valence-corrected chi connectivity index (χ1v) is 7.45. The summed E-state index contributed by atoms with van der Waals surface area (Å²) < 4.78 is 0.345. The molecule has 0 saturated carbocycles. The number of hydrogen-bond donors (Lipinski definition) is 2. The van der Waals surface area contributed by atoms with Gasteiger partial charge in [0.25, 0.3) is 5.91 Å². The first-order valence-electron chi connectivity index (χ1n) is 6.66. The summed E-state index contributed by atoms with van der Waals surface area (Å²) in [6, 6.07) is 2.53. The molecule has 0 aliphatic carbocycles. The average molecular weight is 366 g/mol. The molecule has 1 atom stereocenters. The first-order chi connectivity index (χ1) is 10.4. The second-order valence-electron chi connectivity index (χ2n) is 5.23. The molecule has 22 heavy (non-hydrogen) atoms. The molecule has 3 rings (SSSR count). The number of primary amides is 1. The molecule has 0 aromatic heterocycles. The Hall–Kier alpha value is -2.22. The van der Waals surface area contributed by atoms with Crippen LogP contribution in [0.15, 0.2) is 16.6 Å². The van der Waals surface area contributed by atoms with Crippen molar-refractivity contribution in [3.8, 4) is 0 Å². The largest absolute Gasteiger partial charge is 0.366 e. The third-order valence-electron chi connectivity index (χ3n) is 3.90. The van der Waals surface area contributed by atoms with E-state index in [0.29, 0.717) is 22.0 Å². The van der Waals surface area contributed by atoms with Crippen LogP contribution < -0.4 is 11.1 Å². The summed E-state index contributed by atoms with van der Waals surface area (Å²) >= 11 is 3.25. The lowest BCUT2D eigenvalue weighted by atomic mass is 10.0. The monoisotopic (exact) mass is 365 g/mol. The number of imide groups is 1. The molecule has 7 nitrogen and oxygen atoms in total. The van der Waals surface area contributed by atoms with Crippen molar-refractivity contribution in [2.45, 2.75) is 25.4 Å². The standard InChI is InChI=1S/C14H12BrN3O4/c15-11-7(12(16)20)2-1-6-5-18(14(22)10(6)11)8-3-4-9(19)17-13(8)21/h1-2,8H,3-5H2,(H2,16,20)(H,17,19,21). The van der Waals surface area contributed by atoms with Gasteiger partial charge in [0.05, 0.1) is 11.1 Å². The summed E-state index contributed by atoms with van der Waals surface area (Å²) in [5, 5.41) is 2.24. The van der Waals surface area contributed by atoms with Gasteiger partial charge in [-0.25, -0.2) is 0 Å². The van der Waals surface area contributed by atoms with Crippen LogP contribution in [0.3, 0.4) is 0 Å². The number of hydrogen-bond acceptors (Lipinski definition) is 4. The lowest BCUT2D eigenvalue weighted by Gasteiger charge is -2.29. The van der Waals surface area contributed by atoms with E-state index in [1.54, 1.807) is 12.1 Å². The third kappa shape index (κ3) is 2.19. The van der Waals surface area contributed by atoms with Crippen LogP contribution in [-0.4, -0.2) is 34.6 Å². The number of carbonyl (C=O) groups excluding carboxylic acids is 4. The average Bonchev–Trinajstić information content (AvgIpc) is 2.77. The van der Waals surface area contributed by atoms with Crippen molar-refractivity contribution in [1.29, 1.82) is 0 Å². The summed E-state index contributed by atoms with van der Waals surface area (Å²) in [5.41, 5.74) is 6.56. The highest BCUT2D eigenvalue weighted by molar-refractivity contribution is 9.10. The van der Waals surface area contributed by atoms with E-state index in [0.717, 1.165) is 0 Å². The van der Waals surface area contributed by atoms with Crippen LogP contribution >= 0.6 is 15.9 Å². The number of fused-ring (bicyclic) bond motifs is 1. The predicted octanol–water partition coefficient (Wildman–Crippen LogP) is 0.309. The Bertz CT molecular complexity index is 731. The fraction of sp³-hybridized carbons (Fsp3) is 0.286. The molecule has 0 bridgehead atoms. The van der Waals surface area contributed by atoms with E-state index in [-0.39, 0.29) is 30.3 Å². The van der Waals surface area contributed by atoms with Gasteiger partial charge in [-0.3, -0.25) is 24.5 Å². The molecule has 8 heteroatoms. The Labute approximate surface area is 134 Å². The fourth-order valence-electron chi connectivity index (χ4n) is 2.80. The number of nitrogens with two attached hydrogens (primary N) is 1. The zero-order valence-corrected chi connectivity index (χ0v) is 13.0. The van der Waals surface area contributed by atoms with Gasteiger partial charge in [0.1, 0.15) is 6.04 Å². The minimum absolute atomic E-state index is 0.199. The number of rotatable bonds is 2. The number of halogens is 1. The molecule has 1 aromatic carbocycles. The minimum atomic E-state index is -0.679. The quantitative estimate of drug-likeness (QED) is 0.734. The molecule has 0 spiro atoms. The van der Waals surface area contributed by atoms with E-state index in [1.807, 2.05) is 0 Å². The number of piperidine rings is 1. The van der Waals surface area contributed by atoms with Crippen molar-refractivity contribution in [3.05, 3.63) is 33.3 Å². The van der Waals surface area contributed by atoms with E-state index in [9.17, 15) is 19.2 Å². The van der Waals surface area contributed by atoms with Gasteiger partial charge >= 0.3 is 0 Å². The van der Waals surface area contributed by atoms with E-state index in [2.05, 4.69) is 21.2 Å². The number of benzene rings is 1. The topological polar surface area (TPSA) is 110 Å². The van der Waals surface area contributed by atoms with Crippen molar-refractivity contribution in [2.75, 3.05) is 0 Å². The van der Waals surface area contributed by atoms with E-state index >= 15 is 0 Å². The van der Waals surface area contributed by atoms with Gasteiger partial charge in [0.15, 0.2) is 0 Å². The van der Waals surface area contributed by atoms with Crippen molar-refractivity contribution in [3.63, 3.8) is 0 Å². The van der Waals surface area contributed by atoms with Crippen LogP contribution in [0.1, 0.15) is 39.1 Å². The fourth-order valence-corrected chi connectivity index (χ4v) is 3.55. The van der Waals surface area contributed by atoms with Gasteiger partial charge in [-0.1, -0.05) is 6.07 Å². The molecule has 2 heterocycles. The highest BCUT2D eigenvalue weighted by Gasteiger charge is 2.40. The van der Waals surface area contributed by atoms with Gasteiger partial charge in [-0.2, -0.15) is 0 Å². The second kappa shape index (κ2) is 5.20. The van der Waals surface area contributed by atoms with Crippen molar-refractivity contribution >= 4 is 39.6 Å². The zero-order chi connectivity index (χ0) is 16.0. The van der Waals surface area contributed by atoms with Crippen LogP contribution in [-0.2, 0) is 16.1 Å². The Balaban J connectivity index is 1.95. The molecule has 2 aliphatic heterocycles. The summed E-state index contributed by atoms with van der Waals surface area (Å²) in [4.78, 5) is 48.5. The summed E-state index contributed by atoms with van der Waals surface area (Å²) in [5.74, 6) is -1.78. The molecule has 4 amide bonds. The summed E-state index contributed by atoms with van der Waals surface area (Å²) in [6.07, 6.45) is 0.495. The first kappa shape index (κ1) is 14.7. The van der Waals surface area contributed by atoms with E-state index < -0.39 is 17.9 Å². The molecular formula is C14H12BrN3O4. The van der Waals surface area contributed by atoms with Gasteiger partial charge < -0.3 is 10.6 Å². The Kier molecular flexibility index (Phi) is 3.48. The molecule has 0 radical (unpaired) electrons. The van der Waals surface area contributed by atoms with Crippen molar-refractivity contribution in [1.82, 2.24) is 10.2 Å². The highest BCUT2D eigenvalue weighted by Crippen LogP contribution is 2.34. The number of nitrogens with one attached hydrogen (secondary N) is 1. The van der Waals surface area contributed by atoms with Crippen molar-refractivity contribution < 1.29 is 19.2 Å². The molecule has 1 aromatic rings. The maximum absolute atomic E-state index is 12.6. The molecule has 1 saturated heterocycles. The molecule has 1 unspecified atom stereocenters. The lowest BCUT2D eigenvalue weighted by molar-refractivity contribution is -0.136. The number of carbonyl (C=O) groups is 4. The molecule has 114 valence electrons. The zero-order valence-electron chi connectivity index (χ0n) is 11.4. The van der Waals surface area contributed by atoms with E-state index in [4.69, 9.17) is 5.73 Å². The lowest BCUT2D eigenvalue weighted by Crippen LogP contribution is -2.52. The Morgan fingerprint density at radius 3 is 2.68 bits per heavy atom. The minimum Gasteiger partial charge on any atom is -0.366 e. The van der Waals surface area contributed by atoms with Crippen LogP contribution in [0.5, 0.6) is 0 Å². The Morgan fingerprint density at radius 1 is 1.32 bits per heavy atom. The van der Waals surface area contributed by atoms with Crippen LogP contribution in [0.25, 0.3) is 0 Å². The summed E-state index contributed by atoms with van der Waals surface area (Å²) in [6.45, 7) is 0.262. The SMILES string of the molecule is NC(=O)c1ccc2c(c1Br)C(=O)N(C1CCC(=O)NC1=O)C2. The second-order valence-corrected chi connectivity index (χ2v) is 6.02. The Morgan fingerprint density at radius 2 is 2.05 bits per heavy atom. The number of amides is 4. The highest BCUT2D eigenvalue weighted by atomic mass is 79.9.